The summed E-state index contributed by atoms with van der Waals surface area (Å²) < 4.78 is 0. The van der Waals surface area contributed by atoms with Gasteiger partial charge in [0.2, 0.25) is 0 Å². The van der Waals surface area contributed by atoms with E-state index < -0.39 is 5.60 Å². The van der Waals surface area contributed by atoms with Crippen molar-refractivity contribution >= 4 is 17.8 Å². The Balaban J connectivity index is 2.28. The summed E-state index contributed by atoms with van der Waals surface area (Å²) in [6, 6.07) is 0.102. The summed E-state index contributed by atoms with van der Waals surface area (Å²) in [5, 5.41) is 15.7. The van der Waals surface area contributed by atoms with E-state index in [4.69, 9.17) is 0 Å². The van der Waals surface area contributed by atoms with Gasteiger partial charge in [0, 0.05) is 17.8 Å². The van der Waals surface area contributed by atoms with Crippen molar-refractivity contribution in [1.29, 1.82) is 0 Å². The lowest BCUT2D eigenvalue weighted by Gasteiger charge is -2.22. The predicted octanol–water partition coefficient (Wildman–Crippen LogP) is 1.34. The molecule has 94 valence electrons. The standard InChI is InChI=1S/C11H22N2O2S/c1-11(2,15)7-12-10(14)13-8-5-4-6-9(8)16-3/h8-9,15H,4-7H2,1-3H3,(H2,12,13,14)/t8-,9+/m0/s1. The first-order chi connectivity index (χ1) is 7.42. The molecule has 0 bridgehead atoms. The Hall–Kier alpha value is -0.420. The highest BCUT2D eigenvalue weighted by Gasteiger charge is 2.27. The zero-order valence-corrected chi connectivity index (χ0v) is 11.1. The quantitative estimate of drug-likeness (QED) is 0.701. The fourth-order valence-corrected chi connectivity index (χ4v) is 2.82. The molecule has 0 aromatic heterocycles. The molecular weight excluding hydrogens is 224 g/mol. The van der Waals surface area contributed by atoms with E-state index in [-0.39, 0.29) is 18.6 Å². The fraction of sp³-hybridized carbons (Fsp3) is 0.909. The molecule has 0 radical (unpaired) electrons. The lowest BCUT2D eigenvalue weighted by molar-refractivity contribution is 0.0818. The summed E-state index contributed by atoms with van der Waals surface area (Å²) in [5.74, 6) is 0. The van der Waals surface area contributed by atoms with E-state index in [0.717, 1.165) is 6.42 Å². The Morgan fingerprint density at radius 2 is 2.19 bits per heavy atom. The monoisotopic (exact) mass is 246 g/mol. The average Bonchev–Trinajstić information content (AvgIpc) is 2.61. The van der Waals surface area contributed by atoms with Crippen LogP contribution in [0.1, 0.15) is 33.1 Å². The van der Waals surface area contributed by atoms with Gasteiger partial charge in [-0.05, 0) is 32.9 Å². The molecule has 5 heteroatoms. The number of carbonyl (C=O) groups is 1. The maximum absolute atomic E-state index is 11.6. The van der Waals surface area contributed by atoms with Crippen molar-refractivity contribution in [3.05, 3.63) is 0 Å². The molecule has 0 unspecified atom stereocenters. The highest BCUT2D eigenvalue weighted by atomic mass is 32.2. The number of carbonyl (C=O) groups excluding carboxylic acids is 1. The van der Waals surface area contributed by atoms with Crippen LogP contribution in [0.2, 0.25) is 0 Å². The zero-order chi connectivity index (χ0) is 12.2. The van der Waals surface area contributed by atoms with E-state index in [1.54, 1.807) is 13.8 Å². The molecule has 1 saturated carbocycles. The molecule has 0 saturated heterocycles. The fourth-order valence-electron chi connectivity index (χ4n) is 1.89. The summed E-state index contributed by atoms with van der Waals surface area (Å²) >= 11 is 1.81. The largest absolute Gasteiger partial charge is 0.389 e. The van der Waals surface area contributed by atoms with Crippen LogP contribution < -0.4 is 10.6 Å². The van der Waals surface area contributed by atoms with Crippen LogP contribution in [-0.2, 0) is 0 Å². The molecule has 2 amide bonds. The van der Waals surface area contributed by atoms with Crippen LogP contribution in [0.15, 0.2) is 0 Å². The molecule has 0 aromatic carbocycles. The number of amides is 2. The molecule has 3 N–H and O–H groups in total. The minimum absolute atomic E-state index is 0.173. The van der Waals surface area contributed by atoms with Crippen LogP contribution in [0, 0.1) is 0 Å². The molecule has 1 aliphatic rings. The van der Waals surface area contributed by atoms with Gasteiger partial charge in [-0.15, -0.1) is 0 Å². The Kier molecular flexibility index (Phi) is 4.92. The minimum Gasteiger partial charge on any atom is -0.389 e. The number of rotatable bonds is 4. The molecule has 4 nitrogen and oxygen atoms in total. The SMILES string of the molecule is CS[C@@H]1CCC[C@@H]1NC(=O)NCC(C)(C)O. The van der Waals surface area contributed by atoms with Gasteiger partial charge in [-0.1, -0.05) is 6.42 Å². The summed E-state index contributed by atoms with van der Waals surface area (Å²) in [6.07, 6.45) is 5.50. The van der Waals surface area contributed by atoms with Gasteiger partial charge in [0.25, 0.3) is 0 Å². The number of nitrogens with one attached hydrogen (secondary N) is 2. The predicted molar refractivity (Wildman–Crippen MR) is 67.8 cm³/mol. The van der Waals surface area contributed by atoms with E-state index in [1.807, 2.05) is 11.8 Å². The van der Waals surface area contributed by atoms with E-state index in [9.17, 15) is 9.90 Å². The van der Waals surface area contributed by atoms with Crippen molar-refractivity contribution in [2.75, 3.05) is 12.8 Å². The van der Waals surface area contributed by atoms with Gasteiger partial charge in [-0.3, -0.25) is 0 Å². The first-order valence-electron chi connectivity index (χ1n) is 5.72. The maximum Gasteiger partial charge on any atom is 0.315 e. The molecule has 2 atom stereocenters. The third kappa shape index (κ3) is 4.61. The molecular formula is C11H22N2O2S. The molecule has 0 aliphatic heterocycles. The van der Waals surface area contributed by atoms with E-state index >= 15 is 0 Å². The van der Waals surface area contributed by atoms with Gasteiger partial charge in [-0.25, -0.2) is 4.79 Å². The van der Waals surface area contributed by atoms with Crippen molar-refractivity contribution in [2.24, 2.45) is 0 Å². The summed E-state index contributed by atoms with van der Waals surface area (Å²) in [7, 11) is 0. The summed E-state index contributed by atoms with van der Waals surface area (Å²) in [5.41, 5.74) is -0.855. The van der Waals surface area contributed by atoms with Crippen molar-refractivity contribution in [2.45, 2.75) is 50.0 Å². The van der Waals surface area contributed by atoms with Gasteiger partial charge < -0.3 is 15.7 Å². The van der Waals surface area contributed by atoms with Crippen LogP contribution in [-0.4, -0.2) is 40.8 Å². The van der Waals surface area contributed by atoms with E-state index in [1.165, 1.54) is 12.8 Å². The highest BCUT2D eigenvalue weighted by molar-refractivity contribution is 7.99. The second-order valence-electron chi connectivity index (χ2n) is 4.95. The van der Waals surface area contributed by atoms with Crippen molar-refractivity contribution in [3.8, 4) is 0 Å². The Labute approximate surface area is 102 Å². The highest BCUT2D eigenvalue weighted by Crippen LogP contribution is 2.28. The van der Waals surface area contributed by atoms with Crippen molar-refractivity contribution in [3.63, 3.8) is 0 Å². The maximum atomic E-state index is 11.6. The van der Waals surface area contributed by atoms with Crippen LogP contribution in [0.25, 0.3) is 0 Å². The molecule has 16 heavy (non-hydrogen) atoms. The van der Waals surface area contributed by atoms with Gasteiger partial charge in [0.15, 0.2) is 0 Å². The summed E-state index contributed by atoms with van der Waals surface area (Å²) in [6.45, 7) is 3.62. The van der Waals surface area contributed by atoms with E-state index in [2.05, 4.69) is 16.9 Å². The number of hydrogen-bond acceptors (Lipinski definition) is 3. The zero-order valence-electron chi connectivity index (χ0n) is 10.2. The lowest BCUT2D eigenvalue weighted by atomic mass is 10.1. The molecule has 0 heterocycles. The first kappa shape index (κ1) is 13.6. The third-order valence-corrected chi connectivity index (χ3v) is 3.92. The molecule has 1 fully saturated rings. The molecule has 0 spiro atoms. The lowest BCUT2D eigenvalue weighted by Crippen LogP contribution is -2.48. The Morgan fingerprint density at radius 3 is 2.75 bits per heavy atom. The second-order valence-corrected chi connectivity index (χ2v) is 6.03. The molecule has 0 aromatic rings. The van der Waals surface area contributed by atoms with Gasteiger partial charge in [0.05, 0.1) is 5.60 Å². The number of aliphatic hydroxyl groups is 1. The minimum atomic E-state index is -0.855. The van der Waals surface area contributed by atoms with Crippen molar-refractivity contribution in [1.82, 2.24) is 10.6 Å². The number of hydrogen-bond donors (Lipinski definition) is 3. The normalized spacial score (nSPS) is 25.5. The molecule has 1 aliphatic carbocycles. The van der Waals surface area contributed by atoms with Gasteiger partial charge in [-0.2, -0.15) is 11.8 Å². The van der Waals surface area contributed by atoms with Gasteiger partial charge >= 0.3 is 6.03 Å². The Morgan fingerprint density at radius 1 is 1.50 bits per heavy atom. The first-order valence-corrected chi connectivity index (χ1v) is 7.01. The third-order valence-electron chi connectivity index (χ3n) is 2.75. The van der Waals surface area contributed by atoms with Crippen LogP contribution in [0.3, 0.4) is 0 Å². The van der Waals surface area contributed by atoms with Crippen molar-refractivity contribution < 1.29 is 9.90 Å². The number of thioether (sulfide) groups is 1. The second kappa shape index (κ2) is 5.77. The summed E-state index contributed by atoms with van der Waals surface area (Å²) in [4.78, 5) is 11.6. The van der Waals surface area contributed by atoms with Gasteiger partial charge in [0.1, 0.15) is 0 Å². The Bertz CT molecular complexity index is 241. The smallest absolute Gasteiger partial charge is 0.315 e. The molecule has 1 rings (SSSR count). The van der Waals surface area contributed by atoms with Crippen LogP contribution in [0.5, 0.6) is 0 Å². The topological polar surface area (TPSA) is 61.4 Å². The van der Waals surface area contributed by atoms with E-state index in [0.29, 0.717) is 5.25 Å². The van der Waals surface area contributed by atoms with Crippen LogP contribution in [0.4, 0.5) is 4.79 Å². The number of urea groups is 1. The average molecular weight is 246 g/mol. The van der Waals surface area contributed by atoms with Crippen LogP contribution >= 0.6 is 11.8 Å².